The molecular weight excluding hydrogens is 1810 g/mol. The lowest BCUT2D eigenvalue weighted by Crippen LogP contribution is -2.08. The number of anilines is 4. The monoisotopic (exact) mass is 1890 g/mol. The zero-order valence-corrected chi connectivity index (χ0v) is 76.6. The van der Waals surface area contributed by atoms with Crippen LogP contribution in [0.5, 0.6) is 23.0 Å². The molecule has 0 fully saturated rings. The number of benzene rings is 4. The molecule has 8 N–H and O–H groups in total. The third kappa shape index (κ3) is 17.2. The Morgan fingerprint density at radius 3 is 1.07 bits per heavy atom. The molecule has 0 saturated heterocycles. The van der Waals surface area contributed by atoms with Gasteiger partial charge in [-0.05, 0) is 158 Å². The van der Waals surface area contributed by atoms with Gasteiger partial charge in [-0.15, -0.1) is 0 Å². The Balaban J connectivity index is 0.000000139. The van der Waals surface area contributed by atoms with Gasteiger partial charge in [0.15, 0.2) is 33.6 Å². The van der Waals surface area contributed by atoms with Crippen molar-refractivity contribution in [2.75, 3.05) is 50.4 Å². The second kappa shape index (κ2) is 37.4. The number of pyridine rings is 4. The van der Waals surface area contributed by atoms with Crippen LogP contribution in [0.25, 0.3) is 66.6 Å². The van der Waals surface area contributed by atoms with Gasteiger partial charge in [-0.2, -0.15) is 0 Å². The number of fused-ring (bicyclic) bond motifs is 4. The number of hydrogen-bond acceptors (Lipinski definition) is 20. The van der Waals surface area contributed by atoms with Crippen LogP contribution in [-0.2, 0) is 0 Å². The van der Waals surface area contributed by atoms with E-state index in [1.165, 1.54) is 6.20 Å². The number of aromatic nitrogens is 16. The zero-order chi connectivity index (χ0) is 86.9. The third-order valence-electron chi connectivity index (χ3n) is 21.1. The number of nitrogen functional groups attached to an aromatic ring is 4. The van der Waals surface area contributed by atoms with Crippen LogP contribution in [0.15, 0.2) is 163 Å². The van der Waals surface area contributed by atoms with Crippen LogP contribution in [0.1, 0.15) is 144 Å². The zero-order valence-electron chi connectivity index (χ0n) is 68.2. The van der Waals surface area contributed by atoms with Gasteiger partial charge < -0.3 is 41.9 Å². The highest BCUT2D eigenvalue weighted by Gasteiger charge is 2.32. The molecule has 0 aliphatic rings. The first-order valence-corrected chi connectivity index (χ1v) is 42.3. The Hall–Kier alpha value is -10.7. The van der Waals surface area contributed by atoms with Crippen LogP contribution in [0, 0.1) is 41.5 Å². The van der Waals surface area contributed by atoms with Crippen molar-refractivity contribution in [2.45, 2.75) is 107 Å². The summed E-state index contributed by atoms with van der Waals surface area (Å²) in [5.74, 6) is 6.63. The van der Waals surface area contributed by atoms with Crippen LogP contribution in [0.3, 0.4) is 0 Å². The van der Waals surface area contributed by atoms with E-state index in [0.717, 1.165) is 141 Å². The number of aryl methyl sites for hydroxylation is 2. The first kappa shape index (κ1) is 88.1. The van der Waals surface area contributed by atoms with Crippen molar-refractivity contribution in [1.29, 1.82) is 0 Å². The Kier molecular flexibility index (Phi) is 27.2. The SMILES string of the molecule is CCOc1c(C(C)c2nc(Br)c3c(N)nccn23)cc(Cl)c(C)c1-c1ccc(C)nc1.CCOc1c(C(C)c2nc(Cl)c3c(N)nccn23)cc(Cl)c(C)c1-c1ccc(C)nc1.COc1c(C(C)c2nc(Br)c3c(N)ncc(Cl)n23)cc(Cl)c(C)c1-c1cccnc1.COc1c(C(C)c2nc(Cl)c3c(N)nccn23)cc(Cl)c(C)c1-c1cccnc1. The number of methoxy groups -OCH3 is 2. The molecule has 12 heterocycles. The van der Waals surface area contributed by atoms with Crippen molar-refractivity contribution in [3.05, 3.63) is 277 Å². The predicted octanol–water partition coefficient (Wildman–Crippen LogP) is 22.9. The fourth-order valence-electron chi connectivity index (χ4n) is 14.9. The number of nitrogens with two attached hydrogens (primary N) is 4. The quantitative estimate of drug-likeness (QED) is 0.0620. The summed E-state index contributed by atoms with van der Waals surface area (Å²) in [4.78, 5) is 52.5. The molecule has 0 spiro atoms. The fourth-order valence-corrected chi connectivity index (χ4v) is 17.7. The fraction of sp³-hybridized carbons (Fsp3) is 0.227. The van der Waals surface area contributed by atoms with E-state index in [1.807, 2.05) is 181 Å². The van der Waals surface area contributed by atoms with E-state index in [1.54, 1.807) is 74.4 Å². The summed E-state index contributed by atoms with van der Waals surface area (Å²) in [6.45, 7) is 25.0. The highest BCUT2D eigenvalue weighted by molar-refractivity contribution is 9.10. The Morgan fingerprint density at radius 2 is 0.711 bits per heavy atom. The molecule has 16 rings (SSSR count). The lowest BCUT2D eigenvalue weighted by molar-refractivity contribution is 0.336. The maximum Gasteiger partial charge on any atom is 0.158 e. The smallest absolute Gasteiger partial charge is 0.158 e. The first-order valence-electron chi connectivity index (χ1n) is 38.1. The second-order valence-corrected chi connectivity index (χ2v) is 32.6. The summed E-state index contributed by atoms with van der Waals surface area (Å²) < 4.78 is 32.8. The third-order valence-corrected chi connectivity index (χ3v) is 24.5. The summed E-state index contributed by atoms with van der Waals surface area (Å²) >= 11 is 52.9. The molecule has 33 heteroatoms. The summed E-state index contributed by atoms with van der Waals surface area (Å²) in [5, 5.41) is 3.61. The van der Waals surface area contributed by atoms with Crippen LogP contribution in [-0.4, -0.2) is 105 Å². The molecule has 622 valence electrons. The minimum Gasteiger partial charge on any atom is -0.496 e. The van der Waals surface area contributed by atoms with E-state index in [4.69, 9.17) is 128 Å². The van der Waals surface area contributed by atoms with Gasteiger partial charge in [0.1, 0.15) is 82.7 Å². The van der Waals surface area contributed by atoms with Gasteiger partial charge in [-0.3, -0.25) is 37.5 Å². The Labute approximate surface area is 750 Å². The highest BCUT2D eigenvalue weighted by Crippen LogP contribution is 2.50. The van der Waals surface area contributed by atoms with Crippen LogP contribution < -0.4 is 41.9 Å². The van der Waals surface area contributed by atoms with E-state index >= 15 is 0 Å². The van der Waals surface area contributed by atoms with Crippen molar-refractivity contribution in [1.82, 2.24) is 77.4 Å². The van der Waals surface area contributed by atoms with Crippen molar-refractivity contribution >= 4 is 158 Å². The number of ether oxygens (including phenoxy) is 4. The molecule has 4 aromatic carbocycles. The van der Waals surface area contributed by atoms with Crippen molar-refractivity contribution in [3.63, 3.8) is 0 Å². The van der Waals surface area contributed by atoms with Gasteiger partial charge in [0.25, 0.3) is 0 Å². The van der Waals surface area contributed by atoms with Crippen LogP contribution >= 0.6 is 113 Å². The van der Waals surface area contributed by atoms with Gasteiger partial charge in [0, 0.05) is 196 Å². The van der Waals surface area contributed by atoms with Crippen LogP contribution in [0.2, 0.25) is 35.5 Å². The van der Waals surface area contributed by atoms with E-state index in [0.29, 0.717) is 109 Å². The molecule has 0 radical (unpaired) electrons. The van der Waals surface area contributed by atoms with Crippen LogP contribution in [0.4, 0.5) is 23.3 Å². The maximum atomic E-state index is 6.71. The molecule has 0 aliphatic heterocycles. The molecule has 24 nitrogen and oxygen atoms in total. The summed E-state index contributed by atoms with van der Waals surface area (Å²) in [5.41, 5.74) is 43.4. The van der Waals surface area contributed by atoms with E-state index in [2.05, 4.69) is 93.6 Å². The van der Waals surface area contributed by atoms with E-state index in [9.17, 15) is 0 Å². The summed E-state index contributed by atoms with van der Waals surface area (Å²) in [6.07, 6.45) is 22.6. The minimum absolute atomic E-state index is 0.127. The van der Waals surface area contributed by atoms with Gasteiger partial charge >= 0.3 is 0 Å². The standard InChI is InChI=1S/C23H23BrClN5O.C23H23Cl2N5O.C21H18BrCl2N5O.C21H19Cl2N5O/c1-5-31-20-16(10-17(25)14(4)18(20)15-7-6-12(2)28-11-15)13(3)23-29-21(24)19-22(26)27-8-9-30(19)23;1-5-31-20-16(10-17(24)14(4)18(20)15-7-6-12(2)28-11-15)13(3)23-29-21(25)19-22(26)27-8-9-30(19)23;1-10(21-28-19(22)17-20(25)27-9-15(24)29(17)21)13-7-14(23)11(2)16(18(13)30-3)12-5-4-6-26-8-12;1-11(21-27-19(23)17-20(24)26-7-8-28(17)21)14-9-15(22)12(2)16(18(14)29-3)13-5-4-6-25-10-13/h2*6-11,13H,5H2,1-4H3,(H2,26,27);4-10H,1-3H3,(H2,25,27);4-11H,1-3H3,(H2,24,26). The van der Waals surface area contributed by atoms with Gasteiger partial charge in [-0.1, -0.05) is 133 Å². The average Bonchev–Trinajstić information content (AvgIpc) is 1.54. The lowest BCUT2D eigenvalue weighted by Gasteiger charge is -2.22. The largest absolute Gasteiger partial charge is 0.496 e. The molecule has 4 atom stereocenters. The van der Waals surface area contributed by atoms with E-state index < -0.39 is 0 Å². The number of rotatable bonds is 18. The van der Waals surface area contributed by atoms with Crippen molar-refractivity contribution < 1.29 is 18.9 Å². The topological polar surface area (TPSA) is 313 Å². The molecular formula is C88H83Br2Cl7N20O4. The van der Waals surface area contributed by atoms with Gasteiger partial charge in [-0.25, -0.2) is 39.9 Å². The summed E-state index contributed by atoms with van der Waals surface area (Å²) in [7, 11) is 3.30. The summed E-state index contributed by atoms with van der Waals surface area (Å²) in [6, 6.07) is 23.5. The first-order chi connectivity index (χ1) is 57.9. The molecule has 4 unspecified atom stereocenters. The number of imidazole rings is 4. The molecule has 16 aromatic rings. The molecule has 12 aromatic heterocycles. The molecule has 121 heavy (non-hydrogen) atoms. The average molecular weight is 1890 g/mol. The Bertz CT molecular complexity index is 6380. The van der Waals surface area contributed by atoms with Gasteiger partial charge in [0.2, 0.25) is 0 Å². The van der Waals surface area contributed by atoms with E-state index in [-0.39, 0.29) is 23.7 Å². The van der Waals surface area contributed by atoms with Gasteiger partial charge in [0.05, 0.1) is 33.6 Å². The molecule has 0 bridgehead atoms. The number of hydrogen-bond donors (Lipinski definition) is 4. The number of halogens is 9. The highest BCUT2D eigenvalue weighted by atomic mass is 79.9. The van der Waals surface area contributed by atoms with Crippen molar-refractivity contribution in [3.8, 4) is 67.5 Å². The number of nitrogens with zero attached hydrogens (tertiary/aromatic N) is 16. The Morgan fingerprint density at radius 1 is 0.380 bits per heavy atom. The molecule has 0 aliphatic carbocycles. The lowest BCUT2D eigenvalue weighted by atomic mass is 9.91. The molecule has 0 saturated carbocycles. The normalized spacial score (nSPS) is 12.3. The van der Waals surface area contributed by atoms with Crippen molar-refractivity contribution in [2.24, 2.45) is 0 Å². The molecule has 0 amide bonds. The predicted molar refractivity (Wildman–Crippen MR) is 493 cm³/mol. The maximum absolute atomic E-state index is 6.71. The second-order valence-electron chi connectivity index (χ2n) is 28.4. The minimum atomic E-state index is -0.216.